The van der Waals surface area contributed by atoms with Gasteiger partial charge in [0.25, 0.3) is 0 Å². The number of fused-ring (bicyclic) bond motifs is 1. The van der Waals surface area contributed by atoms with Gasteiger partial charge in [-0.25, -0.2) is 0 Å². The van der Waals surface area contributed by atoms with Gasteiger partial charge in [-0.3, -0.25) is 0 Å². The van der Waals surface area contributed by atoms with Gasteiger partial charge in [0.1, 0.15) is 0 Å². The molecular weight excluding hydrogens is 362 g/mol. The van der Waals surface area contributed by atoms with Crippen molar-refractivity contribution in [2.24, 2.45) is 0 Å². The van der Waals surface area contributed by atoms with Gasteiger partial charge in [-0.2, -0.15) is 17.6 Å². The van der Waals surface area contributed by atoms with Crippen LogP contribution in [0.3, 0.4) is 0 Å². The number of alkyl halides is 4. The number of nitrogens with one attached hydrogen (secondary N) is 1. The molecule has 0 bridgehead atoms. The molecular formula is C12H10BrF4NO3. The molecule has 0 amide bonds. The fourth-order valence-electron chi connectivity index (χ4n) is 2.12. The summed E-state index contributed by atoms with van der Waals surface area (Å²) >= 11 is 3.20. The highest BCUT2D eigenvalue weighted by Gasteiger charge is 2.66. The van der Waals surface area contributed by atoms with Crippen LogP contribution < -0.4 is 14.8 Å². The molecule has 2 aliphatic rings. The number of morpholine rings is 1. The highest BCUT2D eigenvalue weighted by Crippen LogP contribution is 2.49. The van der Waals surface area contributed by atoms with Crippen LogP contribution in [0.15, 0.2) is 16.6 Å². The van der Waals surface area contributed by atoms with E-state index in [1.165, 1.54) is 12.1 Å². The van der Waals surface area contributed by atoms with Crippen molar-refractivity contribution in [2.75, 3.05) is 19.7 Å². The highest BCUT2D eigenvalue weighted by molar-refractivity contribution is 9.10. The third-order valence-electron chi connectivity index (χ3n) is 3.15. The molecule has 116 valence electrons. The van der Waals surface area contributed by atoms with E-state index in [1.54, 1.807) is 0 Å². The predicted octanol–water partition coefficient (Wildman–Crippen LogP) is 3.07. The van der Waals surface area contributed by atoms with Crippen LogP contribution in [0, 0.1) is 0 Å². The number of rotatable bonds is 1. The molecule has 0 spiro atoms. The average molecular weight is 372 g/mol. The number of ether oxygens (including phenoxy) is 3. The lowest BCUT2D eigenvalue weighted by Crippen LogP contribution is -2.52. The maximum Gasteiger partial charge on any atom is 0.507 e. The summed E-state index contributed by atoms with van der Waals surface area (Å²) < 4.78 is 66.7. The molecule has 1 aromatic carbocycles. The van der Waals surface area contributed by atoms with Crippen LogP contribution in [-0.4, -0.2) is 31.9 Å². The Morgan fingerprint density at radius 2 is 1.71 bits per heavy atom. The Balaban J connectivity index is 1.97. The fraction of sp³-hybridized carbons (Fsp3) is 0.500. The molecule has 1 saturated heterocycles. The van der Waals surface area contributed by atoms with Gasteiger partial charge < -0.3 is 19.5 Å². The molecule has 1 aromatic rings. The van der Waals surface area contributed by atoms with E-state index in [0.29, 0.717) is 29.7 Å². The quantitative estimate of drug-likeness (QED) is 0.770. The maximum absolute atomic E-state index is 13.2. The molecule has 0 saturated carbocycles. The number of hydrogen-bond acceptors (Lipinski definition) is 4. The van der Waals surface area contributed by atoms with Crippen molar-refractivity contribution in [1.82, 2.24) is 5.32 Å². The zero-order valence-electron chi connectivity index (χ0n) is 10.5. The molecule has 0 aliphatic carbocycles. The average Bonchev–Trinajstić information content (AvgIpc) is 2.41. The van der Waals surface area contributed by atoms with Crippen LogP contribution in [0.5, 0.6) is 11.5 Å². The van der Waals surface area contributed by atoms with Crippen LogP contribution in [0.1, 0.15) is 11.7 Å². The monoisotopic (exact) mass is 371 g/mol. The molecule has 21 heavy (non-hydrogen) atoms. The summed E-state index contributed by atoms with van der Waals surface area (Å²) in [6.45, 7) is 1.62. The van der Waals surface area contributed by atoms with E-state index in [9.17, 15) is 17.6 Å². The summed E-state index contributed by atoms with van der Waals surface area (Å²) in [6.07, 6.45) is -9.83. The Bertz CT molecular complexity index is 564. The lowest BCUT2D eigenvalue weighted by molar-refractivity contribution is -0.391. The summed E-state index contributed by atoms with van der Waals surface area (Å²) in [4.78, 5) is 0. The summed E-state index contributed by atoms with van der Waals surface area (Å²) in [5.41, 5.74) is 0.519. The molecule has 1 fully saturated rings. The maximum atomic E-state index is 13.2. The second kappa shape index (κ2) is 4.99. The second-order valence-electron chi connectivity index (χ2n) is 4.62. The molecule has 2 aliphatic heterocycles. The van der Waals surface area contributed by atoms with Gasteiger partial charge in [-0.1, -0.05) is 15.9 Å². The van der Waals surface area contributed by atoms with Crippen LogP contribution in [0.25, 0.3) is 0 Å². The molecule has 2 heterocycles. The topological polar surface area (TPSA) is 39.7 Å². The normalized spacial score (nSPS) is 26.4. The van der Waals surface area contributed by atoms with Crippen LogP contribution in [0.4, 0.5) is 17.6 Å². The minimum Gasteiger partial charge on any atom is -0.421 e. The molecule has 1 atom stereocenters. The van der Waals surface area contributed by atoms with Crippen molar-refractivity contribution in [3.05, 3.63) is 22.2 Å². The largest absolute Gasteiger partial charge is 0.507 e. The Labute approximate surface area is 125 Å². The Kier molecular flexibility index (Phi) is 3.53. The number of hydrogen-bond donors (Lipinski definition) is 1. The van der Waals surface area contributed by atoms with Crippen LogP contribution in [0.2, 0.25) is 0 Å². The van der Waals surface area contributed by atoms with Crippen LogP contribution in [-0.2, 0) is 4.74 Å². The number of benzene rings is 1. The van der Waals surface area contributed by atoms with E-state index in [-0.39, 0.29) is 0 Å². The van der Waals surface area contributed by atoms with Crippen molar-refractivity contribution in [3.8, 4) is 11.5 Å². The minimum absolute atomic E-state index is 0.391. The fourth-order valence-corrected chi connectivity index (χ4v) is 2.70. The highest BCUT2D eigenvalue weighted by atomic mass is 79.9. The van der Waals surface area contributed by atoms with Crippen molar-refractivity contribution < 1.29 is 31.8 Å². The summed E-state index contributed by atoms with van der Waals surface area (Å²) in [5.74, 6) is -0.899. The molecule has 1 unspecified atom stereocenters. The lowest BCUT2D eigenvalue weighted by atomic mass is 10.1. The Morgan fingerprint density at radius 1 is 1.10 bits per heavy atom. The third-order valence-corrected chi connectivity index (χ3v) is 3.84. The SMILES string of the molecule is FC1(F)Oc2cc(Br)c(C3CNCCO3)cc2OC1(F)F. The lowest BCUT2D eigenvalue weighted by Gasteiger charge is -2.33. The first kappa shape index (κ1) is 14.9. The van der Waals surface area contributed by atoms with E-state index in [2.05, 4.69) is 30.7 Å². The first-order valence-electron chi connectivity index (χ1n) is 6.09. The third kappa shape index (κ3) is 2.58. The van der Waals surface area contributed by atoms with Gasteiger partial charge in [-0.15, -0.1) is 0 Å². The van der Waals surface area contributed by atoms with Gasteiger partial charge in [0, 0.05) is 23.1 Å². The van der Waals surface area contributed by atoms with E-state index in [0.717, 1.165) is 0 Å². The first-order valence-corrected chi connectivity index (χ1v) is 6.89. The van der Waals surface area contributed by atoms with E-state index < -0.39 is 29.8 Å². The van der Waals surface area contributed by atoms with E-state index in [4.69, 9.17) is 4.74 Å². The van der Waals surface area contributed by atoms with Crippen LogP contribution >= 0.6 is 15.9 Å². The standard InChI is InChI=1S/C12H10BrF4NO3/c13-7-4-9-8(20-11(14,15)12(16,17)21-9)3-6(7)10-5-18-1-2-19-10/h3-4,10,18H,1-2,5H2. The predicted molar refractivity (Wildman–Crippen MR) is 66.9 cm³/mol. The second-order valence-corrected chi connectivity index (χ2v) is 5.48. The summed E-state index contributed by atoms with van der Waals surface area (Å²) in [5, 5.41) is 3.08. The molecule has 4 nitrogen and oxygen atoms in total. The smallest absolute Gasteiger partial charge is 0.421 e. The van der Waals surface area contributed by atoms with Gasteiger partial charge in [-0.05, 0) is 12.1 Å². The zero-order chi connectivity index (χ0) is 15.3. The van der Waals surface area contributed by atoms with Gasteiger partial charge in [0.2, 0.25) is 0 Å². The first-order chi connectivity index (χ1) is 9.80. The Hall–Kier alpha value is -1.06. The summed E-state index contributed by atoms with van der Waals surface area (Å²) in [7, 11) is 0. The minimum atomic E-state index is -4.73. The van der Waals surface area contributed by atoms with Crippen molar-refractivity contribution in [1.29, 1.82) is 0 Å². The van der Waals surface area contributed by atoms with Crippen molar-refractivity contribution in [2.45, 2.75) is 18.3 Å². The molecule has 1 N–H and O–H groups in total. The summed E-state index contributed by atoms with van der Waals surface area (Å²) in [6, 6.07) is 2.39. The van der Waals surface area contributed by atoms with Crippen molar-refractivity contribution >= 4 is 15.9 Å². The zero-order valence-corrected chi connectivity index (χ0v) is 12.1. The number of halogens is 5. The van der Waals surface area contributed by atoms with Crippen molar-refractivity contribution in [3.63, 3.8) is 0 Å². The molecule has 9 heteroatoms. The molecule has 3 rings (SSSR count). The van der Waals surface area contributed by atoms with Gasteiger partial charge in [0.15, 0.2) is 11.5 Å². The van der Waals surface area contributed by atoms with Gasteiger partial charge in [0.05, 0.1) is 12.7 Å². The van der Waals surface area contributed by atoms with Gasteiger partial charge >= 0.3 is 12.2 Å². The molecule has 0 aromatic heterocycles. The van der Waals surface area contributed by atoms with E-state index >= 15 is 0 Å². The molecule has 0 radical (unpaired) electrons. The Morgan fingerprint density at radius 3 is 2.29 bits per heavy atom. The van der Waals surface area contributed by atoms with E-state index in [1.807, 2.05) is 0 Å².